The number of phenolic OH excluding ortho intramolecular Hbond substituents is 1. The second kappa shape index (κ2) is 7.58. The standard InChI is InChI=1S/C19H22N2O5S/c1-14-3-8-17(18(22)13-14)19(23)20-9-11-21(12-10-20)27(24,25)16-6-4-15(26-2)5-7-16/h3-8,13,22H,9-12H2,1-2H3. The molecule has 1 amide bonds. The van der Waals surface area contributed by atoms with Crippen LogP contribution in [0.4, 0.5) is 0 Å². The van der Waals surface area contributed by atoms with Gasteiger partial charge >= 0.3 is 0 Å². The van der Waals surface area contributed by atoms with E-state index in [0.29, 0.717) is 5.75 Å². The molecular formula is C19H22N2O5S. The normalized spacial score (nSPS) is 15.6. The van der Waals surface area contributed by atoms with E-state index in [4.69, 9.17) is 4.74 Å². The summed E-state index contributed by atoms with van der Waals surface area (Å²) in [6, 6.07) is 11.1. The van der Waals surface area contributed by atoms with Crippen LogP contribution in [-0.4, -0.2) is 61.9 Å². The van der Waals surface area contributed by atoms with Crippen molar-refractivity contribution in [2.75, 3.05) is 33.3 Å². The number of hydrogen-bond donors (Lipinski definition) is 1. The summed E-state index contributed by atoms with van der Waals surface area (Å²) in [5.41, 5.74) is 1.09. The Hall–Kier alpha value is -2.58. The van der Waals surface area contributed by atoms with Gasteiger partial charge in [0.15, 0.2) is 0 Å². The average molecular weight is 390 g/mol. The van der Waals surface area contributed by atoms with Crippen molar-refractivity contribution < 1.29 is 23.1 Å². The van der Waals surface area contributed by atoms with Gasteiger partial charge in [0.25, 0.3) is 5.91 Å². The van der Waals surface area contributed by atoms with E-state index >= 15 is 0 Å². The van der Waals surface area contributed by atoms with Gasteiger partial charge in [-0.1, -0.05) is 6.07 Å². The molecule has 0 aromatic heterocycles. The molecule has 2 aromatic carbocycles. The fraction of sp³-hybridized carbons (Fsp3) is 0.316. The molecule has 0 atom stereocenters. The number of methoxy groups -OCH3 is 1. The number of aryl methyl sites for hydroxylation is 1. The molecule has 3 rings (SSSR count). The van der Waals surface area contributed by atoms with E-state index in [1.807, 2.05) is 6.92 Å². The molecule has 2 aromatic rings. The van der Waals surface area contributed by atoms with Crippen LogP contribution >= 0.6 is 0 Å². The van der Waals surface area contributed by atoms with E-state index in [2.05, 4.69) is 0 Å². The van der Waals surface area contributed by atoms with Gasteiger partial charge in [-0.3, -0.25) is 4.79 Å². The molecular weight excluding hydrogens is 368 g/mol. The second-order valence-corrected chi connectivity index (χ2v) is 8.33. The van der Waals surface area contributed by atoms with Gasteiger partial charge in [-0.15, -0.1) is 0 Å². The van der Waals surface area contributed by atoms with E-state index in [1.165, 1.54) is 29.6 Å². The minimum Gasteiger partial charge on any atom is -0.507 e. The summed E-state index contributed by atoms with van der Waals surface area (Å²) in [6.45, 7) is 2.76. The van der Waals surface area contributed by atoms with Crippen LogP contribution in [0.25, 0.3) is 0 Å². The number of rotatable bonds is 4. The van der Waals surface area contributed by atoms with Crippen molar-refractivity contribution in [1.82, 2.24) is 9.21 Å². The highest BCUT2D eigenvalue weighted by atomic mass is 32.2. The van der Waals surface area contributed by atoms with Crippen LogP contribution in [0.1, 0.15) is 15.9 Å². The number of carbonyl (C=O) groups is 1. The number of aromatic hydroxyl groups is 1. The van der Waals surface area contributed by atoms with Gasteiger partial charge in [0, 0.05) is 26.2 Å². The monoisotopic (exact) mass is 390 g/mol. The first-order valence-corrected chi connectivity index (χ1v) is 10.00. The predicted molar refractivity (Wildman–Crippen MR) is 101 cm³/mol. The number of phenols is 1. The minimum atomic E-state index is -3.62. The summed E-state index contributed by atoms with van der Waals surface area (Å²) in [5, 5.41) is 10.0. The molecule has 0 saturated carbocycles. The maximum Gasteiger partial charge on any atom is 0.257 e. The van der Waals surface area contributed by atoms with Crippen molar-refractivity contribution in [1.29, 1.82) is 0 Å². The fourth-order valence-electron chi connectivity index (χ4n) is 3.02. The van der Waals surface area contributed by atoms with Crippen molar-refractivity contribution in [3.63, 3.8) is 0 Å². The molecule has 1 heterocycles. The Morgan fingerprint density at radius 2 is 1.67 bits per heavy atom. The van der Waals surface area contributed by atoms with Crippen LogP contribution in [0.3, 0.4) is 0 Å². The number of ether oxygens (including phenoxy) is 1. The van der Waals surface area contributed by atoms with Crippen molar-refractivity contribution in [2.24, 2.45) is 0 Å². The number of amides is 1. The predicted octanol–water partition coefficient (Wildman–Crippen LogP) is 1.86. The number of hydrogen-bond acceptors (Lipinski definition) is 5. The Morgan fingerprint density at radius 3 is 2.22 bits per heavy atom. The van der Waals surface area contributed by atoms with Crippen molar-refractivity contribution >= 4 is 15.9 Å². The molecule has 27 heavy (non-hydrogen) atoms. The molecule has 0 radical (unpaired) electrons. The Bertz CT molecular complexity index is 933. The summed E-state index contributed by atoms with van der Waals surface area (Å²) in [7, 11) is -2.10. The van der Waals surface area contributed by atoms with Gasteiger partial charge in [-0.2, -0.15) is 4.31 Å². The lowest BCUT2D eigenvalue weighted by molar-refractivity contribution is 0.0695. The highest BCUT2D eigenvalue weighted by Crippen LogP contribution is 2.23. The van der Waals surface area contributed by atoms with E-state index in [0.717, 1.165) is 5.56 Å². The summed E-state index contributed by atoms with van der Waals surface area (Å²) >= 11 is 0. The second-order valence-electron chi connectivity index (χ2n) is 6.39. The first-order valence-electron chi connectivity index (χ1n) is 8.56. The zero-order valence-corrected chi connectivity index (χ0v) is 16.1. The third-order valence-electron chi connectivity index (χ3n) is 4.61. The zero-order chi connectivity index (χ0) is 19.6. The van der Waals surface area contributed by atoms with Crippen molar-refractivity contribution in [2.45, 2.75) is 11.8 Å². The van der Waals surface area contributed by atoms with Crippen LogP contribution in [0.5, 0.6) is 11.5 Å². The van der Waals surface area contributed by atoms with Gasteiger partial charge < -0.3 is 14.7 Å². The topological polar surface area (TPSA) is 87.2 Å². The lowest BCUT2D eigenvalue weighted by Crippen LogP contribution is -2.50. The molecule has 0 aliphatic carbocycles. The highest BCUT2D eigenvalue weighted by Gasteiger charge is 2.31. The smallest absolute Gasteiger partial charge is 0.257 e. The molecule has 0 spiro atoms. The Balaban J connectivity index is 1.69. The summed E-state index contributed by atoms with van der Waals surface area (Å²) < 4.78 is 32.0. The zero-order valence-electron chi connectivity index (χ0n) is 15.3. The third-order valence-corrected chi connectivity index (χ3v) is 6.52. The first-order chi connectivity index (χ1) is 12.8. The van der Waals surface area contributed by atoms with Gasteiger partial charge in [0.05, 0.1) is 17.6 Å². The summed E-state index contributed by atoms with van der Waals surface area (Å²) in [5.74, 6) is 0.226. The molecule has 7 nitrogen and oxygen atoms in total. The van der Waals surface area contributed by atoms with Crippen LogP contribution in [0.2, 0.25) is 0 Å². The number of benzene rings is 2. The minimum absolute atomic E-state index is 0.0618. The molecule has 8 heteroatoms. The van der Waals surface area contributed by atoms with Crippen LogP contribution < -0.4 is 4.74 Å². The quantitative estimate of drug-likeness (QED) is 0.861. The highest BCUT2D eigenvalue weighted by molar-refractivity contribution is 7.89. The molecule has 1 aliphatic heterocycles. The van der Waals surface area contributed by atoms with Crippen molar-refractivity contribution in [3.8, 4) is 11.5 Å². The lowest BCUT2D eigenvalue weighted by atomic mass is 10.1. The Kier molecular flexibility index (Phi) is 5.38. The summed E-state index contributed by atoms with van der Waals surface area (Å²) in [4.78, 5) is 14.4. The van der Waals surface area contributed by atoms with Gasteiger partial charge in [-0.25, -0.2) is 8.42 Å². The van der Waals surface area contributed by atoms with E-state index < -0.39 is 10.0 Å². The molecule has 1 saturated heterocycles. The number of nitrogens with zero attached hydrogens (tertiary/aromatic N) is 2. The van der Waals surface area contributed by atoms with Crippen molar-refractivity contribution in [3.05, 3.63) is 53.6 Å². The molecule has 1 N–H and O–H groups in total. The van der Waals surface area contributed by atoms with E-state index in [-0.39, 0.29) is 48.3 Å². The SMILES string of the molecule is COc1ccc(S(=O)(=O)N2CCN(C(=O)c3ccc(C)cc3O)CC2)cc1. The molecule has 1 fully saturated rings. The van der Waals surface area contributed by atoms with Gasteiger partial charge in [0.1, 0.15) is 11.5 Å². The number of piperazine rings is 1. The molecule has 0 bridgehead atoms. The largest absolute Gasteiger partial charge is 0.507 e. The number of carbonyl (C=O) groups excluding carboxylic acids is 1. The maximum absolute atomic E-state index is 12.8. The Labute approximate surface area is 158 Å². The average Bonchev–Trinajstić information content (AvgIpc) is 2.67. The van der Waals surface area contributed by atoms with Gasteiger partial charge in [0.2, 0.25) is 10.0 Å². The lowest BCUT2D eigenvalue weighted by Gasteiger charge is -2.34. The number of sulfonamides is 1. The summed E-state index contributed by atoms with van der Waals surface area (Å²) in [6.07, 6.45) is 0. The van der Waals surface area contributed by atoms with Crippen LogP contribution in [0.15, 0.2) is 47.4 Å². The van der Waals surface area contributed by atoms with E-state index in [9.17, 15) is 18.3 Å². The van der Waals surface area contributed by atoms with Gasteiger partial charge in [-0.05, 0) is 48.9 Å². The van der Waals surface area contributed by atoms with E-state index in [1.54, 1.807) is 29.2 Å². The maximum atomic E-state index is 12.8. The van der Waals surface area contributed by atoms with Crippen LogP contribution in [0, 0.1) is 6.92 Å². The Morgan fingerprint density at radius 1 is 1.04 bits per heavy atom. The molecule has 1 aliphatic rings. The first kappa shape index (κ1) is 19.2. The van der Waals surface area contributed by atoms with Crippen LogP contribution in [-0.2, 0) is 10.0 Å². The molecule has 144 valence electrons. The fourth-order valence-corrected chi connectivity index (χ4v) is 4.44. The third kappa shape index (κ3) is 3.91. The molecule has 0 unspecified atom stereocenters.